The Morgan fingerprint density at radius 2 is 1.77 bits per heavy atom. The van der Waals surface area contributed by atoms with Crippen molar-refractivity contribution in [2.45, 2.75) is 70.4 Å². The molecule has 0 saturated heterocycles. The van der Waals surface area contributed by atoms with E-state index in [0.717, 1.165) is 18.0 Å². The van der Waals surface area contributed by atoms with Crippen LogP contribution in [0.3, 0.4) is 0 Å². The van der Waals surface area contributed by atoms with Crippen LogP contribution < -0.4 is 5.32 Å². The van der Waals surface area contributed by atoms with Crippen LogP contribution in [0.2, 0.25) is 0 Å². The van der Waals surface area contributed by atoms with Gasteiger partial charge in [0.1, 0.15) is 0 Å². The highest BCUT2D eigenvalue weighted by molar-refractivity contribution is 4.81. The minimum atomic E-state index is 0.774. The van der Waals surface area contributed by atoms with E-state index >= 15 is 0 Å². The molecule has 2 aliphatic rings. The first kappa shape index (κ1) is 9.51. The summed E-state index contributed by atoms with van der Waals surface area (Å²) in [6.45, 7) is 2.37. The second kappa shape index (κ2) is 4.45. The molecular weight excluding hydrogens is 158 g/mol. The van der Waals surface area contributed by atoms with Gasteiger partial charge in [0.15, 0.2) is 0 Å². The highest BCUT2D eigenvalue weighted by Gasteiger charge is 2.24. The van der Waals surface area contributed by atoms with Gasteiger partial charge in [-0.25, -0.2) is 0 Å². The number of nitrogens with one attached hydrogen (secondary N) is 1. The average molecular weight is 181 g/mol. The Bertz CT molecular complexity index is 145. The van der Waals surface area contributed by atoms with Crippen molar-refractivity contribution < 1.29 is 0 Å². The lowest BCUT2D eigenvalue weighted by atomic mass is 9.94. The molecule has 0 aliphatic heterocycles. The normalized spacial score (nSPS) is 27.5. The SMILES string of the molecule is CC(CC1CC1)NC1CCCCC1. The smallest absolute Gasteiger partial charge is 0.00695 e. The van der Waals surface area contributed by atoms with Crippen LogP contribution in [0.25, 0.3) is 0 Å². The molecule has 0 bridgehead atoms. The lowest BCUT2D eigenvalue weighted by molar-refractivity contribution is 0.331. The zero-order valence-electron chi connectivity index (χ0n) is 8.89. The van der Waals surface area contributed by atoms with Crippen molar-refractivity contribution in [3.05, 3.63) is 0 Å². The van der Waals surface area contributed by atoms with Crippen LogP contribution in [0.5, 0.6) is 0 Å². The molecule has 76 valence electrons. The highest BCUT2D eigenvalue weighted by Crippen LogP contribution is 2.33. The summed E-state index contributed by atoms with van der Waals surface area (Å²) >= 11 is 0. The Morgan fingerprint density at radius 1 is 1.08 bits per heavy atom. The first-order chi connectivity index (χ1) is 6.34. The maximum atomic E-state index is 3.79. The molecule has 2 saturated carbocycles. The van der Waals surface area contributed by atoms with Crippen LogP contribution in [-0.2, 0) is 0 Å². The van der Waals surface area contributed by atoms with Crippen molar-refractivity contribution in [2.24, 2.45) is 5.92 Å². The molecule has 1 heteroatoms. The Balaban J connectivity index is 1.62. The van der Waals surface area contributed by atoms with Crippen molar-refractivity contribution in [1.82, 2.24) is 5.32 Å². The lowest BCUT2D eigenvalue weighted by Gasteiger charge is -2.26. The van der Waals surface area contributed by atoms with Crippen molar-refractivity contribution in [2.75, 3.05) is 0 Å². The predicted octanol–water partition coefficient (Wildman–Crippen LogP) is 3.10. The van der Waals surface area contributed by atoms with Gasteiger partial charge < -0.3 is 5.32 Å². The summed E-state index contributed by atoms with van der Waals surface area (Å²) in [5, 5.41) is 3.79. The molecule has 1 N–H and O–H groups in total. The minimum Gasteiger partial charge on any atom is -0.311 e. The van der Waals surface area contributed by atoms with Crippen LogP contribution in [0.1, 0.15) is 58.3 Å². The lowest BCUT2D eigenvalue weighted by Crippen LogP contribution is -2.37. The largest absolute Gasteiger partial charge is 0.311 e. The van der Waals surface area contributed by atoms with Crippen molar-refractivity contribution in [3.63, 3.8) is 0 Å². The number of rotatable bonds is 4. The van der Waals surface area contributed by atoms with Crippen molar-refractivity contribution in [3.8, 4) is 0 Å². The van der Waals surface area contributed by atoms with Gasteiger partial charge in [0, 0.05) is 12.1 Å². The monoisotopic (exact) mass is 181 g/mol. The zero-order valence-corrected chi connectivity index (χ0v) is 8.89. The van der Waals surface area contributed by atoms with Gasteiger partial charge in [0.2, 0.25) is 0 Å². The van der Waals surface area contributed by atoms with Gasteiger partial charge in [-0.15, -0.1) is 0 Å². The van der Waals surface area contributed by atoms with E-state index in [4.69, 9.17) is 0 Å². The van der Waals surface area contributed by atoms with Crippen LogP contribution >= 0.6 is 0 Å². The fourth-order valence-electron chi connectivity index (χ4n) is 2.59. The summed E-state index contributed by atoms with van der Waals surface area (Å²) in [6.07, 6.45) is 11.6. The predicted molar refractivity (Wildman–Crippen MR) is 56.8 cm³/mol. The van der Waals surface area contributed by atoms with E-state index in [-0.39, 0.29) is 0 Å². The molecule has 0 aromatic carbocycles. The minimum absolute atomic E-state index is 0.774. The quantitative estimate of drug-likeness (QED) is 0.702. The van der Waals surface area contributed by atoms with Gasteiger partial charge in [-0.3, -0.25) is 0 Å². The molecule has 0 aromatic heterocycles. The Hall–Kier alpha value is -0.0400. The van der Waals surface area contributed by atoms with E-state index in [1.54, 1.807) is 0 Å². The fraction of sp³-hybridized carbons (Fsp3) is 1.00. The van der Waals surface area contributed by atoms with E-state index in [1.807, 2.05) is 0 Å². The summed E-state index contributed by atoms with van der Waals surface area (Å²) in [4.78, 5) is 0. The van der Waals surface area contributed by atoms with Gasteiger partial charge in [0.05, 0.1) is 0 Å². The molecule has 0 radical (unpaired) electrons. The number of hydrogen-bond acceptors (Lipinski definition) is 1. The van der Waals surface area contributed by atoms with E-state index in [0.29, 0.717) is 0 Å². The van der Waals surface area contributed by atoms with E-state index in [2.05, 4.69) is 12.2 Å². The molecule has 0 heterocycles. The molecule has 1 unspecified atom stereocenters. The first-order valence-electron chi connectivity index (χ1n) is 6.10. The van der Waals surface area contributed by atoms with Gasteiger partial charge in [0.25, 0.3) is 0 Å². The van der Waals surface area contributed by atoms with Crippen LogP contribution in [0, 0.1) is 5.92 Å². The highest BCUT2D eigenvalue weighted by atomic mass is 14.9. The van der Waals surface area contributed by atoms with Crippen molar-refractivity contribution >= 4 is 0 Å². The molecule has 13 heavy (non-hydrogen) atoms. The molecule has 2 aliphatic carbocycles. The van der Waals surface area contributed by atoms with Crippen LogP contribution in [0.15, 0.2) is 0 Å². The standard InChI is InChI=1S/C12H23N/c1-10(9-11-7-8-11)13-12-5-3-2-4-6-12/h10-13H,2-9H2,1H3. The van der Waals surface area contributed by atoms with Gasteiger partial charge >= 0.3 is 0 Å². The van der Waals surface area contributed by atoms with Crippen LogP contribution in [0.4, 0.5) is 0 Å². The molecule has 2 rings (SSSR count). The molecule has 1 nitrogen and oxygen atoms in total. The number of hydrogen-bond donors (Lipinski definition) is 1. The van der Waals surface area contributed by atoms with Crippen LogP contribution in [-0.4, -0.2) is 12.1 Å². The second-order valence-corrected chi connectivity index (χ2v) is 5.08. The molecule has 0 amide bonds. The second-order valence-electron chi connectivity index (χ2n) is 5.08. The first-order valence-corrected chi connectivity index (χ1v) is 6.10. The van der Waals surface area contributed by atoms with Crippen molar-refractivity contribution in [1.29, 1.82) is 0 Å². The van der Waals surface area contributed by atoms with Gasteiger partial charge in [-0.1, -0.05) is 32.1 Å². The third-order valence-electron chi connectivity index (χ3n) is 3.51. The fourth-order valence-corrected chi connectivity index (χ4v) is 2.59. The zero-order chi connectivity index (χ0) is 9.10. The molecule has 2 fully saturated rings. The van der Waals surface area contributed by atoms with Gasteiger partial charge in [-0.05, 0) is 32.1 Å². The molecule has 0 spiro atoms. The van der Waals surface area contributed by atoms with E-state index in [9.17, 15) is 0 Å². The summed E-state index contributed by atoms with van der Waals surface area (Å²) < 4.78 is 0. The third kappa shape index (κ3) is 3.30. The molecule has 0 aromatic rings. The third-order valence-corrected chi connectivity index (χ3v) is 3.51. The van der Waals surface area contributed by atoms with Gasteiger partial charge in [-0.2, -0.15) is 0 Å². The molecule has 1 atom stereocenters. The Labute approximate surface area is 82.3 Å². The van der Waals surface area contributed by atoms with E-state index in [1.165, 1.54) is 51.4 Å². The average Bonchev–Trinajstić information content (AvgIpc) is 2.90. The summed E-state index contributed by atoms with van der Waals surface area (Å²) in [6, 6.07) is 1.62. The molecular formula is C12H23N. The maximum Gasteiger partial charge on any atom is 0.00695 e. The maximum absolute atomic E-state index is 3.79. The Morgan fingerprint density at radius 3 is 2.38 bits per heavy atom. The Kier molecular flexibility index (Phi) is 3.26. The summed E-state index contributed by atoms with van der Waals surface area (Å²) in [7, 11) is 0. The topological polar surface area (TPSA) is 12.0 Å². The summed E-state index contributed by atoms with van der Waals surface area (Å²) in [5.74, 6) is 1.08. The summed E-state index contributed by atoms with van der Waals surface area (Å²) in [5.41, 5.74) is 0. The van der Waals surface area contributed by atoms with E-state index < -0.39 is 0 Å².